The summed E-state index contributed by atoms with van der Waals surface area (Å²) in [5, 5.41) is 8.94. The van der Waals surface area contributed by atoms with Gasteiger partial charge in [0, 0.05) is 7.11 Å². The highest BCUT2D eigenvalue weighted by Gasteiger charge is 2.25. The molecule has 8 heavy (non-hydrogen) atoms. The molecule has 1 saturated heterocycles. The minimum Gasteiger partial charge on any atom is -0.388 e. The molecule has 1 N–H and O–H groups in total. The van der Waals surface area contributed by atoms with Crippen LogP contribution in [0.2, 0.25) is 0 Å². The Bertz CT molecular complexity index is 74.1. The predicted molar refractivity (Wildman–Crippen MR) is 27.6 cm³/mol. The van der Waals surface area contributed by atoms with Gasteiger partial charge in [0.25, 0.3) is 0 Å². The quantitative estimate of drug-likeness (QED) is 0.499. The summed E-state index contributed by atoms with van der Waals surface area (Å²) in [6.07, 6.45) is -0.519. The van der Waals surface area contributed by atoms with E-state index in [1.165, 1.54) is 0 Å². The molecule has 2 atom stereocenters. The van der Waals surface area contributed by atoms with Crippen LogP contribution in [-0.2, 0) is 9.47 Å². The summed E-state index contributed by atoms with van der Waals surface area (Å²) in [4.78, 5) is 0. The van der Waals surface area contributed by atoms with Gasteiger partial charge in [0.05, 0.1) is 13.2 Å². The lowest BCUT2D eigenvalue weighted by atomic mass is 10.3. The zero-order valence-electron chi connectivity index (χ0n) is 4.83. The molecule has 1 aliphatic heterocycles. The lowest BCUT2D eigenvalue weighted by Gasteiger charge is -2.07. The van der Waals surface area contributed by atoms with Crippen LogP contribution in [0.4, 0.5) is 0 Å². The molecular formula is C5H10O3. The van der Waals surface area contributed by atoms with Gasteiger partial charge in [-0.05, 0) is 0 Å². The molecule has 0 aliphatic carbocycles. The van der Waals surface area contributed by atoms with Gasteiger partial charge in [-0.1, -0.05) is 0 Å². The van der Waals surface area contributed by atoms with Gasteiger partial charge in [0.1, 0.15) is 12.2 Å². The van der Waals surface area contributed by atoms with Gasteiger partial charge >= 0.3 is 0 Å². The van der Waals surface area contributed by atoms with Crippen molar-refractivity contribution in [2.45, 2.75) is 12.2 Å². The number of methoxy groups -OCH3 is 1. The van der Waals surface area contributed by atoms with E-state index >= 15 is 0 Å². The van der Waals surface area contributed by atoms with Crippen molar-refractivity contribution < 1.29 is 14.6 Å². The Balaban J connectivity index is 2.30. The van der Waals surface area contributed by atoms with Crippen LogP contribution < -0.4 is 0 Å². The second kappa shape index (κ2) is 2.44. The summed E-state index contributed by atoms with van der Waals surface area (Å²) < 4.78 is 9.73. The number of rotatable bonds is 1. The fraction of sp³-hybridized carbons (Fsp3) is 1.00. The number of aliphatic hydroxyl groups is 1. The third-order valence-corrected chi connectivity index (χ3v) is 1.30. The van der Waals surface area contributed by atoms with Crippen molar-refractivity contribution in [2.75, 3.05) is 20.3 Å². The first-order chi connectivity index (χ1) is 3.84. The third kappa shape index (κ3) is 0.992. The molecule has 0 radical (unpaired) electrons. The largest absolute Gasteiger partial charge is 0.388 e. The van der Waals surface area contributed by atoms with Gasteiger partial charge in [-0.25, -0.2) is 0 Å². The van der Waals surface area contributed by atoms with Crippen molar-refractivity contribution in [2.24, 2.45) is 0 Å². The number of ether oxygens (including phenoxy) is 2. The van der Waals surface area contributed by atoms with Gasteiger partial charge in [0.2, 0.25) is 0 Å². The molecule has 3 heteroatoms. The average molecular weight is 118 g/mol. The van der Waals surface area contributed by atoms with Gasteiger partial charge in [-0.15, -0.1) is 0 Å². The minimum absolute atomic E-state index is 0.102. The van der Waals surface area contributed by atoms with E-state index in [0.717, 1.165) is 0 Å². The number of aliphatic hydroxyl groups excluding tert-OH is 1. The minimum atomic E-state index is -0.417. The van der Waals surface area contributed by atoms with Crippen LogP contribution in [0.3, 0.4) is 0 Å². The molecule has 48 valence electrons. The Morgan fingerprint density at radius 3 is 2.62 bits per heavy atom. The van der Waals surface area contributed by atoms with E-state index in [9.17, 15) is 0 Å². The fourth-order valence-electron chi connectivity index (χ4n) is 0.748. The highest BCUT2D eigenvalue weighted by Crippen LogP contribution is 2.07. The molecule has 2 unspecified atom stereocenters. The second-order valence-electron chi connectivity index (χ2n) is 1.88. The molecule has 0 aromatic rings. The van der Waals surface area contributed by atoms with Crippen molar-refractivity contribution in [3.63, 3.8) is 0 Å². The first kappa shape index (κ1) is 6.01. The third-order valence-electron chi connectivity index (χ3n) is 1.30. The standard InChI is InChI=1S/C5H10O3/c1-7-5-3-8-2-4(5)6/h4-6H,2-3H2,1H3. The fourth-order valence-corrected chi connectivity index (χ4v) is 0.748. The van der Waals surface area contributed by atoms with E-state index in [1.807, 2.05) is 0 Å². The Hall–Kier alpha value is -0.120. The molecule has 1 fully saturated rings. The highest BCUT2D eigenvalue weighted by atomic mass is 16.6. The lowest BCUT2D eigenvalue weighted by Crippen LogP contribution is -2.25. The topological polar surface area (TPSA) is 38.7 Å². The van der Waals surface area contributed by atoms with Gasteiger partial charge in [-0.2, -0.15) is 0 Å². The molecule has 0 bridgehead atoms. The van der Waals surface area contributed by atoms with Crippen molar-refractivity contribution in [3.8, 4) is 0 Å². The predicted octanol–water partition coefficient (Wildman–Crippen LogP) is -0.608. The molecule has 0 saturated carbocycles. The van der Waals surface area contributed by atoms with Crippen LogP contribution in [0.5, 0.6) is 0 Å². The number of hydrogen-bond acceptors (Lipinski definition) is 3. The van der Waals surface area contributed by atoms with Crippen LogP contribution >= 0.6 is 0 Å². The molecule has 3 nitrogen and oxygen atoms in total. The summed E-state index contributed by atoms with van der Waals surface area (Å²) in [5.74, 6) is 0. The van der Waals surface area contributed by atoms with E-state index in [0.29, 0.717) is 13.2 Å². The highest BCUT2D eigenvalue weighted by molar-refractivity contribution is 4.73. The van der Waals surface area contributed by atoms with Crippen LogP contribution in [-0.4, -0.2) is 37.6 Å². The second-order valence-corrected chi connectivity index (χ2v) is 1.88. The Labute approximate surface area is 48.2 Å². The molecule has 0 amide bonds. The maximum atomic E-state index is 8.94. The van der Waals surface area contributed by atoms with Crippen LogP contribution in [0.15, 0.2) is 0 Å². The Morgan fingerprint density at radius 2 is 2.38 bits per heavy atom. The van der Waals surface area contributed by atoms with Crippen LogP contribution in [0.1, 0.15) is 0 Å². The molecular weight excluding hydrogens is 108 g/mol. The Kier molecular flexibility index (Phi) is 1.83. The van der Waals surface area contributed by atoms with Crippen molar-refractivity contribution in [3.05, 3.63) is 0 Å². The summed E-state index contributed by atoms with van der Waals surface area (Å²) >= 11 is 0. The molecule has 1 rings (SSSR count). The van der Waals surface area contributed by atoms with Crippen molar-refractivity contribution >= 4 is 0 Å². The summed E-state index contributed by atoms with van der Waals surface area (Å²) in [5.41, 5.74) is 0. The van der Waals surface area contributed by atoms with Gasteiger partial charge < -0.3 is 14.6 Å². The lowest BCUT2D eigenvalue weighted by molar-refractivity contribution is 0.0209. The smallest absolute Gasteiger partial charge is 0.109 e. The first-order valence-corrected chi connectivity index (χ1v) is 2.63. The number of hydrogen-bond donors (Lipinski definition) is 1. The molecule has 0 spiro atoms. The van der Waals surface area contributed by atoms with E-state index in [4.69, 9.17) is 14.6 Å². The van der Waals surface area contributed by atoms with Crippen LogP contribution in [0.25, 0.3) is 0 Å². The summed E-state index contributed by atoms with van der Waals surface area (Å²) in [6, 6.07) is 0. The van der Waals surface area contributed by atoms with Crippen molar-refractivity contribution in [1.82, 2.24) is 0 Å². The van der Waals surface area contributed by atoms with Gasteiger partial charge in [0.15, 0.2) is 0 Å². The normalized spacial score (nSPS) is 38.2. The monoisotopic (exact) mass is 118 g/mol. The van der Waals surface area contributed by atoms with Crippen LogP contribution in [0, 0.1) is 0 Å². The van der Waals surface area contributed by atoms with E-state index in [1.54, 1.807) is 7.11 Å². The Morgan fingerprint density at radius 1 is 1.62 bits per heavy atom. The van der Waals surface area contributed by atoms with Crippen molar-refractivity contribution in [1.29, 1.82) is 0 Å². The van der Waals surface area contributed by atoms with E-state index in [-0.39, 0.29) is 6.10 Å². The summed E-state index contributed by atoms with van der Waals surface area (Å²) in [7, 11) is 1.57. The van der Waals surface area contributed by atoms with E-state index < -0.39 is 6.10 Å². The SMILES string of the molecule is COC1COCC1O. The maximum Gasteiger partial charge on any atom is 0.109 e. The first-order valence-electron chi connectivity index (χ1n) is 2.63. The molecule has 1 heterocycles. The zero-order valence-corrected chi connectivity index (χ0v) is 4.83. The molecule has 1 aliphatic rings. The summed E-state index contributed by atoms with van der Waals surface area (Å²) in [6.45, 7) is 0.941. The van der Waals surface area contributed by atoms with E-state index in [2.05, 4.69) is 0 Å². The maximum absolute atomic E-state index is 8.94. The van der Waals surface area contributed by atoms with Gasteiger partial charge in [-0.3, -0.25) is 0 Å². The molecule has 0 aromatic carbocycles. The zero-order chi connectivity index (χ0) is 5.98. The average Bonchev–Trinajstić information content (AvgIpc) is 2.14. The molecule has 0 aromatic heterocycles.